The third-order valence-corrected chi connectivity index (χ3v) is 7.53. The highest BCUT2D eigenvalue weighted by Gasteiger charge is 2.25. The van der Waals surface area contributed by atoms with Crippen molar-refractivity contribution in [3.8, 4) is 0 Å². The van der Waals surface area contributed by atoms with Crippen LogP contribution in [0.2, 0.25) is 0 Å². The molecule has 1 aromatic heterocycles. The van der Waals surface area contributed by atoms with E-state index in [9.17, 15) is 9.59 Å². The maximum Gasteiger partial charge on any atom is 0.233 e. The summed E-state index contributed by atoms with van der Waals surface area (Å²) in [5.74, 6) is 2.10. The van der Waals surface area contributed by atoms with Gasteiger partial charge in [-0.3, -0.25) is 9.59 Å². The molecule has 0 spiro atoms. The molecular weight excluding hydrogens is 398 g/mol. The Morgan fingerprint density at radius 1 is 1.04 bits per heavy atom. The molecule has 0 unspecified atom stereocenters. The zero-order valence-electron chi connectivity index (χ0n) is 15.5. The summed E-state index contributed by atoms with van der Waals surface area (Å²) in [7, 11) is 0. The smallest absolute Gasteiger partial charge is 0.233 e. The van der Waals surface area contributed by atoms with Gasteiger partial charge in [-0.25, -0.2) is 0 Å². The first-order valence-corrected chi connectivity index (χ1v) is 11.7. The van der Waals surface area contributed by atoms with E-state index >= 15 is 0 Å². The third-order valence-electron chi connectivity index (χ3n) is 4.35. The number of rotatable bonds is 7. The molecular formula is C19H23N3O2S3. The largest absolute Gasteiger partial charge is 0.341 e. The van der Waals surface area contributed by atoms with Crippen molar-refractivity contribution in [2.24, 2.45) is 11.8 Å². The number of amides is 1. The van der Waals surface area contributed by atoms with E-state index in [0.717, 1.165) is 21.8 Å². The summed E-state index contributed by atoms with van der Waals surface area (Å²) < 4.78 is 1.53. The van der Waals surface area contributed by atoms with Crippen LogP contribution in [0.4, 0.5) is 0 Å². The van der Waals surface area contributed by atoms with E-state index < -0.39 is 0 Å². The van der Waals surface area contributed by atoms with Crippen LogP contribution in [0.5, 0.6) is 0 Å². The van der Waals surface area contributed by atoms with Gasteiger partial charge in [-0.2, -0.15) is 0 Å². The molecule has 3 rings (SSSR count). The van der Waals surface area contributed by atoms with Gasteiger partial charge >= 0.3 is 0 Å². The van der Waals surface area contributed by atoms with Crippen LogP contribution in [0, 0.1) is 11.8 Å². The Labute approximate surface area is 172 Å². The summed E-state index contributed by atoms with van der Waals surface area (Å²) in [6.07, 6.45) is 1.19. The number of thioether (sulfide) groups is 2. The lowest BCUT2D eigenvalue weighted by atomic mass is 9.92. The fraction of sp³-hybridized carbons (Fsp3) is 0.474. The summed E-state index contributed by atoms with van der Waals surface area (Å²) >= 11 is 4.27. The van der Waals surface area contributed by atoms with Gasteiger partial charge in [0.15, 0.2) is 14.5 Å². The molecule has 0 bridgehead atoms. The number of hydrogen-bond donors (Lipinski definition) is 0. The number of likely N-dealkylation sites (tertiary alicyclic amines) is 1. The molecule has 1 aliphatic heterocycles. The number of Topliss-reactive ketones (excluding diaryl/α,β-unsaturated/α-hetero) is 1. The Hall–Kier alpha value is -1.38. The highest BCUT2D eigenvalue weighted by Crippen LogP contribution is 2.30. The quantitative estimate of drug-likeness (QED) is 0.495. The number of piperidine rings is 1. The molecule has 8 heteroatoms. The fourth-order valence-electron chi connectivity index (χ4n) is 3.23. The molecule has 0 radical (unpaired) electrons. The molecule has 1 aliphatic rings. The Kier molecular flexibility index (Phi) is 7.32. The van der Waals surface area contributed by atoms with E-state index in [-0.39, 0.29) is 11.7 Å². The van der Waals surface area contributed by atoms with E-state index in [4.69, 9.17) is 0 Å². The molecule has 27 heavy (non-hydrogen) atoms. The Morgan fingerprint density at radius 2 is 1.63 bits per heavy atom. The van der Waals surface area contributed by atoms with Gasteiger partial charge in [-0.15, -0.1) is 10.2 Å². The van der Waals surface area contributed by atoms with E-state index in [0.29, 0.717) is 28.9 Å². The van der Waals surface area contributed by atoms with E-state index in [2.05, 4.69) is 24.0 Å². The van der Waals surface area contributed by atoms with Crippen LogP contribution < -0.4 is 0 Å². The third kappa shape index (κ3) is 6.05. The predicted octanol–water partition coefficient (Wildman–Crippen LogP) is 4.11. The van der Waals surface area contributed by atoms with Crippen molar-refractivity contribution >= 4 is 46.6 Å². The van der Waals surface area contributed by atoms with Crippen molar-refractivity contribution in [1.29, 1.82) is 0 Å². The SMILES string of the molecule is C[C@@H]1C[C@H](C)CN(C(=O)CSc2nnc(SCC(=O)c3ccccc3)s2)C1. The predicted molar refractivity (Wildman–Crippen MR) is 112 cm³/mol. The number of nitrogens with zero attached hydrogens (tertiary/aromatic N) is 3. The minimum absolute atomic E-state index is 0.0773. The molecule has 0 aliphatic carbocycles. The van der Waals surface area contributed by atoms with E-state index in [1.807, 2.05) is 35.2 Å². The first-order valence-electron chi connectivity index (χ1n) is 8.96. The second-order valence-electron chi connectivity index (χ2n) is 6.95. The number of aromatic nitrogens is 2. The highest BCUT2D eigenvalue weighted by molar-refractivity contribution is 8.03. The molecule has 0 saturated carbocycles. The van der Waals surface area contributed by atoms with Gasteiger partial charge in [0.25, 0.3) is 0 Å². The van der Waals surface area contributed by atoms with Crippen LogP contribution in [0.15, 0.2) is 39.0 Å². The van der Waals surface area contributed by atoms with Crippen LogP contribution in [-0.4, -0.2) is 51.4 Å². The first-order chi connectivity index (χ1) is 13.0. The maximum atomic E-state index is 12.5. The summed E-state index contributed by atoms with van der Waals surface area (Å²) in [5, 5.41) is 8.27. The van der Waals surface area contributed by atoms with Crippen molar-refractivity contribution < 1.29 is 9.59 Å². The van der Waals surface area contributed by atoms with Crippen LogP contribution in [0.25, 0.3) is 0 Å². The Morgan fingerprint density at radius 3 is 2.26 bits per heavy atom. The van der Waals surface area contributed by atoms with E-state index in [1.165, 1.54) is 41.3 Å². The van der Waals surface area contributed by atoms with Crippen LogP contribution in [-0.2, 0) is 4.79 Å². The van der Waals surface area contributed by atoms with Crippen LogP contribution in [0.1, 0.15) is 30.6 Å². The first kappa shape index (κ1) is 20.4. The Balaban J connectivity index is 1.45. The van der Waals surface area contributed by atoms with Crippen LogP contribution in [0.3, 0.4) is 0 Å². The molecule has 0 N–H and O–H groups in total. The zero-order chi connectivity index (χ0) is 19.2. The lowest BCUT2D eigenvalue weighted by molar-refractivity contribution is -0.130. The topological polar surface area (TPSA) is 63.2 Å². The second kappa shape index (κ2) is 9.71. The number of carbonyl (C=O) groups is 2. The standard InChI is InChI=1S/C19H23N3O2S3/c1-13-8-14(2)10-22(9-13)17(24)12-26-19-21-20-18(27-19)25-11-16(23)15-6-4-3-5-7-15/h3-7,13-14H,8-12H2,1-2H3/t13-,14+. The van der Waals surface area contributed by atoms with Crippen molar-refractivity contribution in [3.05, 3.63) is 35.9 Å². The summed E-state index contributed by atoms with van der Waals surface area (Å²) in [6, 6.07) is 9.25. The zero-order valence-corrected chi connectivity index (χ0v) is 17.9. The number of carbonyl (C=O) groups excluding carboxylic acids is 2. The van der Waals surface area contributed by atoms with Gasteiger partial charge in [-0.05, 0) is 18.3 Å². The number of benzene rings is 1. The molecule has 144 valence electrons. The molecule has 2 heterocycles. The minimum atomic E-state index is 0.0773. The van der Waals surface area contributed by atoms with Gasteiger partial charge in [0.05, 0.1) is 11.5 Å². The normalized spacial score (nSPS) is 19.9. The molecule has 1 amide bonds. The molecule has 2 atom stereocenters. The van der Waals surface area contributed by atoms with Gasteiger partial charge in [-0.1, -0.05) is 79.0 Å². The summed E-state index contributed by atoms with van der Waals surface area (Å²) in [6.45, 7) is 6.10. The van der Waals surface area contributed by atoms with E-state index in [1.54, 1.807) is 0 Å². The van der Waals surface area contributed by atoms with Crippen molar-refractivity contribution in [3.63, 3.8) is 0 Å². The highest BCUT2D eigenvalue weighted by atomic mass is 32.2. The average Bonchev–Trinajstić information content (AvgIpc) is 3.12. The van der Waals surface area contributed by atoms with Crippen LogP contribution >= 0.6 is 34.9 Å². The molecule has 1 fully saturated rings. The molecule has 1 aromatic carbocycles. The fourth-order valence-corrected chi connectivity index (χ4v) is 6.05. The van der Waals surface area contributed by atoms with Gasteiger partial charge in [0.2, 0.25) is 5.91 Å². The number of ketones is 1. The molecule has 5 nitrogen and oxygen atoms in total. The molecule has 1 saturated heterocycles. The Bertz CT molecular complexity index is 772. The van der Waals surface area contributed by atoms with Gasteiger partial charge in [0.1, 0.15) is 0 Å². The molecule has 2 aromatic rings. The van der Waals surface area contributed by atoms with Gasteiger partial charge < -0.3 is 4.90 Å². The maximum absolute atomic E-state index is 12.5. The second-order valence-corrected chi connectivity index (χ2v) is 10.4. The average molecular weight is 422 g/mol. The minimum Gasteiger partial charge on any atom is -0.341 e. The number of hydrogen-bond acceptors (Lipinski definition) is 7. The lowest BCUT2D eigenvalue weighted by Gasteiger charge is -2.34. The lowest BCUT2D eigenvalue weighted by Crippen LogP contribution is -2.43. The van der Waals surface area contributed by atoms with Gasteiger partial charge in [0, 0.05) is 18.7 Å². The van der Waals surface area contributed by atoms with Crippen molar-refractivity contribution in [2.75, 3.05) is 24.6 Å². The van der Waals surface area contributed by atoms with Crippen molar-refractivity contribution in [2.45, 2.75) is 28.9 Å². The monoisotopic (exact) mass is 421 g/mol. The van der Waals surface area contributed by atoms with Crippen molar-refractivity contribution in [1.82, 2.24) is 15.1 Å². The summed E-state index contributed by atoms with van der Waals surface area (Å²) in [4.78, 5) is 26.6. The summed E-state index contributed by atoms with van der Waals surface area (Å²) in [5.41, 5.74) is 0.708.